The van der Waals surface area contributed by atoms with Crippen molar-refractivity contribution in [3.8, 4) is 0 Å². The van der Waals surface area contributed by atoms with Crippen molar-refractivity contribution >= 4 is 6.29 Å². The van der Waals surface area contributed by atoms with E-state index in [1.54, 1.807) is 0 Å². The molecule has 0 aliphatic rings. The van der Waals surface area contributed by atoms with Crippen LogP contribution in [0.1, 0.15) is 110 Å². The van der Waals surface area contributed by atoms with Gasteiger partial charge in [0, 0.05) is 13.0 Å². The number of unbranched alkanes of at least 4 members (excludes halogenated alkanes) is 12. The fourth-order valence-corrected chi connectivity index (χ4v) is 3.16. The highest BCUT2D eigenvalue weighted by Crippen LogP contribution is 2.10. The van der Waals surface area contributed by atoms with Gasteiger partial charge >= 0.3 is 0 Å². The van der Waals surface area contributed by atoms with Crippen LogP contribution in [0.3, 0.4) is 0 Å². The molecule has 0 N–H and O–H groups in total. The Labute approximate surface area is 146 Å². The first-order valence-electron chi connectivity index (χ1n) is 10.5. The molecule has 23 heavy (non-hydrogen) atoms. The van der Waals surface area contributed by atoms with E-state index in [0.717, 1.165) is 12.8 Å². The smallest absolute Gasteiger partial charge is 0.121 e. The molecule has 0 atom stereocenters. The third kappa shape index (κ3) is 17.8. The molecule has 0 fully saturated rings. The Bertz CT molecular complexity index is 212. The largest absolute Gasteiger partial charge is 0.303 e. The van der Waals surface area contributed by atoms with E-state index >= 15 is 0 Å². The highest BCUT2D eigenvalue weighted by molar-refractivity contribution is 5.49. The van der Waals surface area contributed by atoms with Crippen molar-refractivity contribution in [2.75, 3.05) is 19.6 Å². The minimum Gasteiger partial charge on any atom is -0.303 e. The zero-order valence-corrected chi connectivity index (χ0v) is 16.2. The molecule has 0 bridgehead atoms. The molecular formula is C21H43NO. The van der Waals surface area contributed by atoms with Crippen molar-refractivity contribution in [2.24, 2.45) is 0 Å². The lowest BCUT2D eigenvalue weighted by Gasteiger charge is -2.21. The minimum atomic E-state index is 0.701. The van der Waals surface area contributed by atoms with Crippen LogP contribution in [0.5, 0.6) is 0 Å². The first kappa shape index (κ1) is 22.6. The molecule has 0 aromatic carbocycles. The van der Waals surface area contributed by atoms with Gasteiger partial charge in [0.2, 0.25) is 0 Å². The third-order valence-electron chi connectivity index (χ3n) is 4.72. The number of nitrogens with zero attached hydrogens (tertiary/aromatic N) is 1. The summed E-state index contributed by atoms with van der Waals surface area (Å²) in [7, 11) is 0. The Hall–Kier alpha value is -0.370. The van der Waals surface area contributed by atoms with Crippen LogP contribution in [0.25, 0.3) is 0 Å². The number of carbonyl (C=O) groups is 1. The lowest BCUT2D eigenvalue weighted by molar-refractivity contribution is -0.108. The number of rotatable bonds is 19. The molecule has 0 spiro atoms. The van der Waals surface area contributed by atoms with Gasteiger partial charge in [-0.1, -0.05) is 90.9 Å². The van der Waals surface area contributed by atoms with Gasteiger partial charge in [0.25, 0.3) is 0 Å². The summed E-state index contributed by atoms with van der Waals surface area (Å²) in [6.45, 7) is 7.90. The maximum atomic E-state index is 10.6. The van der Waals surface area contributed by atoms with E-state index in [1.807, 2.05) is 0 Å². The standard InChI is InChI=1S/C21H43NO/c1-3-5-7-9-11-13-15-18-22(20-17-21-23)19-16-14-12-10-8-6-4-2/h21H,3-20H2,1-2H3. The Morgan fingerprint density at radius 2 is 0.957 bits per heavy atom. The van der Waals surface area contributed by atoms with Gasteiger partial charge in [0.15, 0.2) is 0 Å². The highest BCUT2D eigenvalue weighted by Gasteiger charge is 2.04. The third-order valence-corrected chi connectivity index (χ3v) is 4.72. The molecule has 0 aliphatic heterocycles. The lowest BCUT2D eigenvalue weighted by atomic mass is 10.1. The van der Waals surface area contributed by atoms with Gasteiger partial charge in [-0.15, -0.1) is 0 Å². The second-order valence-corrected chi connectivity index (χ2v) is 7.04. The number of aldehydes is 1. The fourth-order valence-electron chi connectivity index (χ4n) is 3.16. The van der Waals surface area contributed by atoms with Crippen LogP contribution in [0.4, 0.5) is 0 Å². The monoisotopic (exact) mass is 325 g/mol. The molecule has 0 radical (unpaired) electrons. The van der Waals surface area contributed by atoms with Crippen molar-refractivity contribution in [3.63, 3.8) is 0 Å². The Morgan fingerprint density at radius 1 is 0.565 bits per heavy atom. The summed E-state index contributed by atoms with van der Waals surface area (Å²) in [5, 5.41) is 0. The summed E-state index contributed by atoms with van der Waals surface area (Å²) in [4.78, 5) is 13.2. The van der Waals surface area contributed by atoms with Crippen LogP contribution in [-0.2, 0) is 4.79 Å². The van der Waals surface area contributed by atoms with E-state index < -0.39 is 0 Å². The Kier molecular flexibility index (Phi) is 19.4. The summed E-state index contributed by atoms with van der Waals surface area (Å²) in [6.07, 6.45) is 20.9. The molecule has 0 heterocycles. The summed E-state index contributed by atoms with van der Waals surface area (Å²) >= 11 is 0. The molecule has 0 aromatic heterocycles. The first-order valence-corrected chi connectivity index (χ1v) is 10.5. The molecule has 0 rings (SSSR count). The Morgan fingerprint density at radius 3 is 1.35 bits per heavy atom. The number of hydrogen-bond donors (Lipinski definition) is 0. The van der Waals surface area contributed by atoms with E-state index in [0.29, 0.717) is 6.42 Å². The van der Waals surface area contributed by atoms with Gasteiger partial charge in [-0.3, -0.25) is 0 Å². The lowest BCUT2D eigenvalue weighted by Crippen LogP contribution is -2.27. The summed E-state index contributed by atoms with van der Waals surface area (Å²) in [5.74, 6) is 0. The minimum absolute atomic E-state index is 0.701. The van der Waals surface area contributed by atoms with Gasteiger partial charge in [0.05, 0.1) is 0 Å². The van der Waals surface area contributed by atoms with Crippen LogP contribution >= 0.6 is 0 Å². The van der Waals surface area contributed by atoms with Crippen LogP contribution in [0.15, 0.2) is 0 Å². The second kappa shape index (κ2) is 19.7. The van der Waals surface area contributed by atoms with Gasteiger partial charge in [-0.25, -0.2) is 0 Å². The van der Waals surface area contributed by atoms with Crippen molar-refractivity contribution in [2.45, 2.75) is 110 Å². The molecule has 0 saturated carbocycles. The van der Waals surface area contributed by atoms with Gasteiger partial charge < -0.3 is 9.69 Å². The van der Waals surface area contributed by atoms with Crippen molar-refractivity contribution in [3.05, 3.63) is 0 Å². The average molecular weight is 326 g/mol. The number of carbonyl (C=O) groups excluding carboxylic acids is 1. The zero-order chi connectivity index (χ0) is 17.0. The van der Waals surface area contributed by atoms with Crippen LogP contribution in [0, 0.1) is 0 Å². The molecule has 0 amide bonds. The molecule has 2 nitrogen and oxygen atoms in total. The van der Waals surface area contributed by atoms with E-state index in [2.05, 4.69) is 18.7 Å². The van der Waals surface area contributed by atoms with E-state index in [9.17, 15) is 4.79 Å². The molecule has 0 aliphatic carbocycles. The topological polar surface area (TPSA) is 20.3 Å². The van der Waals surface area contributed by atoms with Crippen LogP contribution < -0.4 is 0 Å². The van der Waals surface area contributed by atoms with Crippen LogP contribution in [0.2, 0.25) is 0 Å². The fraction of sp³-hybridized carbons (Fsp3) is 0.952. The van der Waals surface area contributed by atoms with E-state index in [-0.39, 0.29) is 0 Å². The molecule has 138 valence electrons. The van der Waals surface area contributed by atoms with Crippen molar-refractivity contribution in [1.82, 2.24) is 4.90 Å². The molecular weight excluding hydrogens is 282 g/mol. The van der Waals surface area contributed by atoms with E-state index in [4.69, 9.17) is 0 Å². The average Bonchev–Trinajstić information content (AvgIpc) is 2.57. The zero-order valence-electron chi connectivity index (χ0n) is 16.2. The predicted octanol–water partition coefficient (Wildman–Crippen LogP) is 6.38. The van der Waals surface area contributed by atoms with Crippen LogP contribution in [-0.4, -0.2) is 30.8 Å². The molecule has 2 heteroatoms. The SMILES string of the molecule is CCCCCCCCCN(CCC=O)CCCCCCCCC. The summed E-state index contributed by atoms with van der Waals surface area (Å²) < 4.78 is 0. The summed E-state index contributed by atoms with van der Waals surface area (Å²) in [6, 6.07) is 0. The maximum absolute atomic E-state index is 10.6. The van der Waals surface area contributed by atoms with Gasteiger partial charge in [-0.05, 0) is 25.9 Å². The predicted molar refractivity (Wildman–Crippen MR) is 103 cm³/mol. The second-order valence-electron chi connectivity index (χ2n) is 7.04. The van der Waals surface area contributed by atoms with Crippen molar-refractivity contribution < 1.29 is 4.79 Å². The molecule has 0 saturated heterocycles. The maximum Gasteiger partial charge on any atom is 0.121 e. The van der Waals surface area contributed by atoms with Crippen molar-refractivity contribution in [1.29, 1.82) is 0 Å². The van der Waals surface area contributed by atoms with Gasteiger partial charge in [0.1, 0.15) is 6.29 Å². The molecule has 0 unspecified atom stereocenters. The van der Waals surface area contributed by atoms with Gasteiger partial charge in [-0.2, -0.15) is 0 Å². The first-order chi connectivity index (χ1) is 11.3. The summed E-state index contributed by atoms with van der Waals surface area (Å²) in [5.41, 5.74) is 0. The quantitative estimate of drug-likeness (QED) is 0.203. The van der Waals surface area contributed by atoms with E-state index in [1.165, 1.54) is 103 Å². The highest BCUT2D eigenvalue weighted by atomic mass is 16.1. The molecule has 0 aromatic rings. The normalized spacial score (nSPS) is 11.3. The number of hydrogen-bond acceptors (Lipinski definition) is 2. The Balaban J connectivity index is 3.57.